The van der Waals surface area contributed by atoms with Crippen molar-refractivity contribution in [3.63, 3.8) is 0 Å². The lowest BCUT2D eigenvalue weighted by Gasteiger charge is -2.32. The molecule has 1 aromatic heterocycles. The second-order valence-electron chi connectivity index (χ2n) is 7.38. The summed E-state index contributed by atoms with van der Waals surface area (Å²) < 4.78 is 0. The first-order valence-electron chi connectivity index (χ1n) is 8.11. The first-order chi connectivity index (χ1) is 9.41. The maximum absolute atomic E-state index is 4.95. The highest BCUT2D eigenvalue weighted by Gasteiger charge is 2.29. The minimum absolute atomic E-state index is 0.159. The molecule has 2 rings (SSSR count). The average Bonchev–Trinajstić information content (AvgIpc) is 2.86. The smallest absolute Gasteiger partial charge is 0.110 e. The number of nitrogens with zero attached hydrogens (tertiary/aromatic N) is 1. The molecule has 20 heavy (non-hydrogen) atoms. The SMILES string of the molecule is CCNC(c1nc(C(C)(C)C)cs1)C1CCC(C)CC1. The summed E-state index contributed by atoms with van der Waals surface area (Å²) in [5.41, 5.74) is 1.40. The van der Waals surface area contributed by atoms with E-state index in [1.165, 1.54) is 36.4 Å². The number of hydrogen-bond acceptors (Lipinski definition) is 3. The zero-order chi connectivity index (χ0) is 14.8. The van der Waals surface area contributed by atoms with Crippen LogP contribution in [0.25, 0.3) is 0 Å². The molecule has 0 radical (unpaired) electrons. The third-order valence-corrected chi connectivity index (χ3v) is 5.44. The lowest BCUT2D eigenvalue weighted by atomic mass is 9.79. The number of aromatic nitrogens is 1. The standard InChI is InChI=1S/C17H30N2S/c1-6-18-15(13-9-7-12(2)8-10-13)16-19-14(11-20-16)17(3,4)5/h11-13,15,18H,6-10H2,1-5H3. The van der Waals surface area contributed by atoms with Crippen molar-refractivity contribution in [1.29, 1.82) is 0 Å². The van der Waals surface area contributed by atoms with E-state index in [4.69, 9.17) is 4.98 Å². The normalized spacial score (nSPS) is 25.6. The predicted molar refractivity (Wildman–Crippen MR) is 88.4 cm³/mol. The first-order valence-corrected chi connectivity index (χ1v) is 8.99. The van der Waals surface area contributed by atoms with Crippen LogP contribution in [0, 0.1) is 11.8 Å². The van der Waals surface area contributed by atoms with Crippen molar-refractivity contribution in [3.8, 4) is 0 Å². The van der Waals surface area contributed by atoms with Crippen LogP contribution in [0.5, 0.6) is 0 Å². The Kier molecular flexibility index (Phi) is 5.25. The quantitative estimate of drug-likeness (QED) is 0.852. The number of nitrogens with one attached hydrogen (secondary N) is 1. The van der Waals surface area contributed by atoms with Crippen LogP contribution in [0.15, 0.2) is 5.38 Å². The molecular formula is C17H30N2S. The van der Waals surface area contributed by atoms with Gasteiger partial charge < -0.3 is 5.32 Å². The average molecular weight is 295 g/mol. The Morgan fingerprint density at radius 3 is 2.45 bits per heavy atom. The molecule has 3 heteroatoms. The van der Waals surface area contributed by atoms with Crippen LogP contribution in [0.2, 0.25) is 0 Å². The minimum atomic E-state index is 0.159. The van der Waals surface area contributed by atoms with Gasteiger partial charge in [0.1, 0.15) is 5.01 Å². The summed E-state index contributed by atoms with van der Waals surface area (Å²) in [5.74, 6) is 1.68. The second kappa shape index (κ2) is 6.57. The Hall–Kier alpha value is -0.410. The van der Waals surface area contributed by atoms with Crippen molar-refractivity contribution < 1.29 is 0 Å². The van der Waals surface area contributed by atoms with E-state index in [1.54, 1.807) is 0 Å². The van der Waals surface area contributed by atoms with Crippen molar-refractivity contribution in [2.45, 2.75) is 71.8 Å². The highest BCUT2D eigenvalue weighted by molar-refractivity contribution is 7.09. The molecule has 0 bridgehead atoms. The van der Waals surface area contributed by atoms with E-state index in [0.717, 1.165) is 18.4 Å². The molecule has 0 amide bonds. The highest BCUT2D eigenvalue weighted by Crippen LogP contribution is 2.38. The lowest BCUT2D eigenvalue weighted by molar-refractivity contribution is 0.232. The summed E-state index contributed by atoms with van der Waals surface area (Å²) in [4.78, 5) is 4.95. The molecule has 1 unspecified atom stereocenters. The molecule has 1 aliphatic rings. The van der Waals surface area contributed by atoms with Gasteiger partial charge in [0.2, 0.25) is 0 Å². The topological polar surface area (TPSA) is 24.9 Å². The van der Waals surface area contributed by atoms with Crippen molar-refractivity contribution in [3.05, 3.63) is 16.1 Å². The number of rotatable bonds is 4. The fourth-order valence-electron chi connectivity index (χ4n) is 3.07. The molecular weight excluding hydrogens is 264 g/mol. The third kappa shape index (κ3) is 3.82. The minimum Gasteiger partial charge on any atom is -0.308 e. The van der Waals surface area contributed by atoms with Crippen molar-refractivity contribution in [2.75, 3.05) is 6.54 Å². The monoisotopic (exact) mass is 294 g/mol. The Labute approximate surface area is 128 Å². The summed E-state index contributed by atoms with van der Waals surface area (Å²) in [7, 11) is 0. The van der Waals surface area contributed by atoms with Crippen LogP contribution in [0.1, 0.15) is 77.0 Å². The molecule has 0 spiro atoms. The molecule has 1 heterocycles. The fourth-order valence-corrected chi connectivity index (χ4v) is 4.28. The summed E-state index contributed by atoms with van der Waals surface area (Å²) in [6.07, 6.45) is 5.46. The Morgan fingerprint density at radius 1 is 1.30 bits per heavy atom. The summed E-state index contributed by atoms with van der Waals surface area (Å²) in [6.45, 7) is 12.4. The van der Waals surface area contributed by atoms with Crippen LogP contribution in [0.3, 0.4) is 0 Å². The van der Waals surface area contributed by atoms with E-state index in [1.807, 2.05) is 11.3 Å². The maximum atomic E-state index is 4.95. The Bertz CT molecular complexity index is 411. The molecule has 1 atom stereocenters. The molecule has 2 nitrogen and oxygen atoms in total. The number of thiazole rings is 1. The molecule has 1 saturated carbocycles. The van der Waals surface area contributed by atoms with Gasteiger partial charge in [-0.15, -0.1) is 11.3 Å². The summed E-state index contributed by atoms with van der Waals surface area (Å²) in [6, 6.07) is 0.466. The third-order valence-electron chi connectivity index (χ3n) is 4.51. The molecule has 0 saturated heterocycles. The second-order valence-corrected chi connectivity index (χ2v) is 8.27. The zero-order valence-corrected chi connectivity index (χ0v) is 14.5. The van der Waals surface area contributed by atoms with Gasteiger partial charge in [0.25, 0.3) is 0 Å². The van der Waals surface area contributed by atoms with Crippen LogP contribution >= 0.6 is 11.3 Å². The first kappa shape index (κ1) is 16.0. The number of hydrogen-bond donors (Lipinski definition) is 1. The van der Waals surface area contributed by atoms with Gasteiger partial charge in [-0.1, -0.05) is 47.5 Å². The van der Waals surface area contributed by atoms with Gasteiger partial charge in [-0.25, -0.2) is 4.98 Å². The van der Waals surface area contributed by atoms with Crippen LogP contribution < -0.4 is 5.32 Å². The van der Waals surface area contributed by atoms with Gasteiger partial charge in [-0.3, -0.25) is 0 Å². The van der Waals surface area contributed by atoms with E-state index >= 15 is 0 Å². The van der Waals surface area contributed by atoms with Gasteiger partial charge in [0.15, 0.2) is 0 Å². The largest absolute Gasteiger partial charge is 0.308 e. The van der Waals surface area contributed by atoms with Crippen LogP contribution in [-0.2, 0) is 5.41 Å². The summed E-state index contributed by atoms with van der Waals surface area (Å²) in [5, 5.41) is 7.25. The predicted octanol–water partition coefficient (Wildman–Crippen LogP) is 4.92. The van der Waals surface area contributed by atoms with Crippen molar-refractivity contribution >= 4 is 11.3 Å². The molecule has 1 N–H and O–H groups in total. The highest BCUT2D eigenvalue weighted by atomic mass is 32.1. The Morgan fingerprint density at radius 2 is 1.95 bits per heavy atom. The van der Waals surface area contributed by atoms with E-state index < -0.39 is 0 Å². The van der Waals surface area contributed by atoms with Gasteiger partial charge in [-0.05, 0) is 31.2 Å². The molecule has 1 fully saturated rings. The lowest BCUT2D eigenvalue weighted by Crippen LogP contribution is -2.30. The van der Waals surface area contributed by atoms with Gasteiger partial charge in [0.05, 0.1) is 11.7 Å². The van der Waals surface area contributed by atoms with E-state index in [-0.39, 0.29) is 5.41 Å². The molecule has 1 aliphatic carbocycles. The van der Waals surface area contributed by atoms with Crippen LogP contribution in [0.4, 0.5) is 0 Å². The Balaban J connectivity index is 2.14. The fraction of sp³-hybridized carbons (Fsp3) is 0.824. The molecule has 114 valence electrons. The summed E-state index contributed by atoms with van der Waals surface area (Å²) >= 11 is 1.85. The van der Waals surface area contributed by atoms with Crippen molar-refractivity contribution in [2.24, 2.45) is 11.8 Å². The van der Waals surface area contributed by atoms with E-state index in [9.17, 15) is 0 Å². The molecule has 1 aromatic rings. The van der Waals surface area contributed by atoms with E-state index in [0.29, 0.717) is 6.04 Å². The zero-order valence-electron chi connectivity index (χ0n) is 13.7. The van der Waals surface area contributed by atoms with E-state index in [2.05, 4.69) is 45.3 Å². The molecule has 0 aliphatic heterocycles. The molecule has 0 aromatic carbocycles. The maximum Gasteiger partial charge on any atom is 0.110 e. The van der Waals surface area contributed by atoms with Gasteiger partial charge in [-0.2, -0.15) is 0 Å². The van der Waals surface area contributed by atoms with Gasteiger partial charge in [0, 0.05) is 10.8 Å². The van der Waals surface area contributed by atoms with Gasteiger partial charge >= 0.3 is 0 Å². The van der Waals surface area contributed by atoms with Crippen molar-refractivity contribution in [1.82, 2.24) is 10.3 Å². The van der Waals surface area contributed by atoms with Crippen LogP contribution in [-0.4, -0.2) is 11.5 Å².